The van der Waals surface area contributed by atoms with Crippen molar-refractivity contribution in [3.05, 3.63) is 59.2 Å². The van der Waals surface area contributed by atoms with Crippen LogP contribution in [0.2, 0.25) is 0 Å². The minimum absolute atomic E-state index is 0.324. The van der Waals surface area contributed by atoms with Crippen LogP contribution in [0.25, 0.3) is 0 Å². The molecule has 0 heterocycles. The second kappa shape index (κ2) is 7.79. The Bertz CT molecular complexity index is 809. The van der Waals surface area contributed by atoms with Gasteiger partial charge in [0.1, 0.15) is 5.75 Å². The summed E-state index contributed by atoms with van der Waals surface area (Å²) in [5.41, 5.74) is 3.05. The van der Waals surface area contributed by atoms with Crippen LogP contribution in [0.15, 0.2) is 42.5 Å². The van der Waals surface area contributed by atoms with E-state index in [0.717, 1.165) is 11.1 Å². The number of hydrogen-bond acceptors (Lipinski definition) is 4. The predicted molar refractivity (Wildman–Crippen MR) is 89.7 cm³/mol. The van der Waals surface area contributed by atoms with Gasteiger partial charge in [0.25, 0.3) is 5.91 Å². The van der Waals surface area contributed by atoms with Crippen molar-refractivity contribution >= 4 is 17.6 Å². The molecular formula is C18H17N3O3. The van der Waals surface area contributed by atoms with Crippen molar-refractivity contribution in [2.45, 2.75) is 13.8 Å². The maximum atomic E-state index is 11.8. The highest BCUT2D eigenvalue weighted by Crippen LogP contribution is 2.15. The summed E-state index contributed by atoms with van der Waals surface area (Å²) < 4.78 is 5.26. The van der Waals surface area contributed by atoms with E-state index in [4.69, 9.17) is 10.00 Å². The summed E-state index contributed by atoms with van der Waals surface area (Å²) in [6, 6.07) is 13.4. The van der Waals surface area contributed by atoms with Crippen molar-refractivity contribution in [2.24, 2.45) is 0 Å². The predicted octanol–water partition coefficient (Wildman–Crippen LogP) is 2.90. The fourth-order valence-corrected chi connectivity index (χ4v) is 2.07. The molecule has 0 spiro atoms. The standard InChI is InChI=1S/C18H17N3O3/c1-12-6-7-16(13(2)8-12)20-18(23)21-17(22)11-24-15-5-3-4-14(9-15)10-19/h3-9H,11H2,1-2H3,(H2,20,21,22,23). The number of nitriles is 1. The SMILES string of the molecule is Cc1ccc(NC(=O)NC(=O)COc2cccc(C#N)c2)c(C)c1. The molecule has 24 heavy (non-hydrogen) atoms. The molecule has 0 aliphatic rings. The Balaban J connectivity index is 1.85. The van der Waals surface area contributed by atoms with Crippen LogP contribution < -0.4 is 15.4 Å². The molecule has 0 unspecified atom stereocenters. The zero-order chi connectivity index (χ0) is 17.5. The number of urea groups is 1. The smallest absolute Gasteiger partial charge is 0.325 e. The van der Waals surface area contributed by atoms with Crippen LogP contribution in [-0.4, -0.2) is 18.5 Å². The second-order valence-corrected chi connectivity index (χ2v) is 5.25. The van der Waals surface area contributed by atoms with Gasteiger partial charge in [0.05, 0.1) is 11.6 Å². The maximum Gasteiger partial charge on any atom is 0.325 e. The van der Waals surface area contributed by atoms with Crippen molar-refractivity contribution in [1.29, 1.82) is 5.26 Å². The van der Waals surface area contributed by atoms with E-state index in [1.54, 1.807) is 24.3 Å². The molecule has 122 valence electrons. The normalized spacial score (nSPS) is 9.71. The van der Waals surface area contributed by atoms with E-state index >= 15 is 0 Å². The number of ether oxygens (including phenoxy) is 1. The van der Waals surface area contributed by atoms with Crippen molar-refractivity contribution in [3.63, 3.8) is 0 Å². The number of imide groups is 1. The fraction of sp³-hybridized carbons (Fsp3) is 0.167. The number of rotatable bonds is 4. The fourth-order valence-electron chi connectivity index (χ4n) is 2.07. The van der Waals surface area contributed by atoms with Crippen molar-refractivity contribution in [1.82, 2.24) is 5.32 Å². The molecule has 0 atom stereocenters. The molecule has 0 aromatic heterocycles. The number of benzene rings is 2. The van der Waals surface area contributed by atoms with Crippen molar-refractivity contribution < 1.29 is 14.3 Å². The van der Waals surface area contributed by atoms with Gasteiger partial charge in [-0.25, -0.2) is 4.79 Å². The van der Waals surface area contributed by atoms with Crippen molar-refractivity contribution in [3.8, 4) is 11.8 Å². The molecule has 2 rings (SSSR count). The molecule has 0 aliphatic heterocycles. The van der Waals surface area contributed by atoms with E-state index in [-0.39, 0.29) is 6.61 Å². The lowest BCUT2D eigenvalue weighted by Gasteiger charge is -2.10. The highest BCUT2D eigenvalue weighted by Gasteiger charge is 2.10. The Morgan fingerprint density at radius 1 is 1.17 bits per heavy atom. The van der Waals surface area contributed by atoms with Crippen LogP contribution in [0.4, 0.5) is 10.5 Å². The van der Waals surface area contributed by atoms with E-state index in [1.165, 1.54) is 6.07 Å². The van der Waals surface area contributed by atoms with Gasteiger partial charge < -0.3 is 10.1 Å². The second-order valence-electron chi connectivity index (χ2n) is 5.25. The van der Waals surface area contributed by atoms with Crippen LogP contribution >= 0.6 is 0 Å². The summed E-state index contributed by atoms with van der Waals surface area (Å²) in [4.78, 5) is 23.6. The number of anilines is 1. The zero-order valence-electron chi connectivity index (χ0n) is 13.4. The summed E-state index contributed by atoms with van der Waals surface area (Å²) in [6.07, 6.45) is 0. The molecular weight excluding hydrogens is 306 g/mol. The number of carbonyl (C=O) groups excluding carboxylic acids is 2. The van der Waals surface area contributed by atoms with Gasteiger partial charge in [-0.3, -0.25) is 10.1 Å². The molecule has 6 nitrogen and oxygen atoms in total. The zero-order valence-corrected chi connectivity index (χ0v) is 13.4. The Morgan fingerprint density at radius 2 is 1.96 bits per heavy atom. The molecule has 0 radical (unpaired) electrons. The molecule has 2 aromatic carbocycles. The minimum Gasteiger partial charge on any atom is -0.484 e. The summed E-state index contributed by atoms with van der Waals surface area (Å²) in [5, 5.41) is 13.6. The summed E-state index contributed by atoms with van der Waals surface area (Å²) in [5.74, 6) is -0.196. The lowest BCUT2D eigenvalue weighted by Crippen LogP contribution is -2.37. The molecule has 0 aliphatic carbocycles. The highest BCUT2D eigenvalue weighted by molar-refractivity contribution is 6.01. The van der Waals surface area contributed by atoms with Gasteiger partial charge in [0, 0.05) is 5.69 Å². The van der Waals surface area contributed by atoms with Crippen LogP contribution in [0.3, 0.4) is 0 Å². The molecule has 0 fully saturated rings. The van der Waals surface area contributed by atoms with Gasteiger partial charge in [-0.05, 0) is 43.7 Å². The summed E-state index contributed by atoms with van der Waals surface area (Å²) in [6.45, 7) is 3.50. The number of nitrogens with one attached hydrogen (secondary N) is 2. The van der Waals surface area contributed by atoms with E-state index in [1.807, 2.05) is 32.0 Å². The number of amides is 3. The van der Waals surface area contributed by atoms with Gasteiger partial charge in [-0.2, -0.15) is 5.26 Å². The van der Waals surface area contributed by atoms with Crippen LogP contribution in [0.5, 0.6) is 5.75 Å². The third-order valence-corrected chi connectivity index (χ3v) is 3.22. The molecule has 0 saturated carbocycles. The number of carbonyl (C=O) groups is 2. The van der Waals surface area contributed by atoms with Gasteiger partial charge >= 0.3 is 6.03 Å². The summed E-state index contributed by atoms with van der Waals surface area (Å²) in [7, 11) is 0. The lowest BCUT2D eigenvalue weighted by atomic mass is 10.1. The van der Waals surface area contributed by atoms with E-state index in [9.17, 15) is 9.59 Å². The van der Waals surface area contributed by atoms with Crippen LogP contribution in [-0.2, 0) is 4.79 Å². The molecule has 6 heteroatoms. The number of aryl methyl sites for hydroxylation is 2. The molecule has 2 aromatic rings. The molecule has 3 amide bonds. The average Bonchev–Trinajstić information content (AvgIpc) is 2.56. The molecule has 0 bridgehead atoms. The maximum absolute atomic E-state index is 11.8. The topological polar surface area (TPSA) is 91.2 Å². The first-order valence-corrected chi connectivity index (χ1v) is 7.29. The van der Waals surface area contributed by atoms with Crippen LogP contribution in [0.1, 0.15) is 16.7 Å². The lowest BCUT2D eigenvalue weighted by molar-refractivity contribution is -0.121. The van der Waals surface area contributed by atoms with E-state index in [0.29, 0.717) is 17.0 Å². The van der Waals surface area contributed by atoms with Crippen molar-refractivity contribution in [2.75, 3.05) is 11.9 Å². The van der Waals surface area contributed by atoms with E-state index < -0.39 is 11.9 Å². The Morgan fingerprint density at radius 3 is 2.67 bits per heavy atom. The number of hydrogen-bond donors (Lipinski definition) is 2. The highest BCUT2D eigenvalue weighted by atomic mass is 16.5. The van der Waals surface area contributed by atoms with E-state index in [2.05, 4.69) is 10.6 Å². The first-order valence-electron chi connectivity index (χ1n) is 7.29. The first kappa shape index (κ1) is 17.0. The number of nitrogens with zero attached hydrogens (tertiary/aromatic N) is 1. The monoisotopic (exact) mass is 323 g/mol. The Hall–Kier alpha value is -3.33. The quantitative estimate of drug-likeness (QED) is 0.905. The summed E-state index contributed by atoms with van der Waals surface area (Å²) >= 11 is 0. The van der Waals surface area contributed by atoms with Gasteiger partial charge in [0.2, 0.25) is 0 Å². The first-order chi connectivity index (χ1) is 11.5. The van der Waals surface area contributed by atoms with Gasteiger partial charge in [-0.1, -0.05) is 23.8 Å². The van der Waals surface area contributed by atoms with Crippen LogP contribution in [0, 0.1) is 25.2 Å². The molecule has 0 saturated heterocycles. The molecule has 2 N–H and O–H groups in total. The van der Waals surface area contributed by atoms with Gasteiger partial charge in [-0.15, -0.1) is 0 Å². The minimum atomic E-state index is -0.624. The third kappa shape index (κ3) is 4.85. The average molecular weight is 323 g/mol. The third-order valence-electron chi connectivity index (χ3n) is 3.22. The van der Waals surface area contributed by atoms with Gasteiger partial charge in [0.15, 0.2) is 6.61 Å². The Kier molecular flexibility index (Phi) is 5.53. The Labute approximate surface area is 140 Å². The largest absolute Gasteiger partial charge is 0.484 e.